The van der Waals surface area contributed by atoms with Gasteiger partial charge in [0.15, 0.2) is 0 Å². The molecule has 0 aliphatic heterocycles. The normalized spacial score (nSPS) is 11.4. The lowest BCUT2D eigenvalue weighted by Crippen LogP contribution is -2.09. The summed E-state index contributed by atoms with van der Waals surface area (Å²) in [4.78, 5) is 6.96. The topological polar surface area (TPSA) is 16.1 Å². The molecular weight excluding hydrogens is 496 g/mol. The summed E-state index contributed by atoms with van der Waals surface area (Å²) in [5, 5.41) is 7.65. The lowest BCUT2D eigenvalue weighted by atomic mass is 9.88. The van der Waals surface area contributed by atoms with Crippen molar-refractivity contribution < 1.29 is 0 Å². The average molecular weight is 523 g/mol. The van der Waals surface area contributed by atoms with E-state index in [0.29, 0.717) is 0 Å². The third-order valence-electron chi connectivity index (χ3n) is 8.07. The number of rotatable bonds is 5. The third-order valence-corrected chi connectivity index (χ3v) is 8.07. The fourth-order valence-electron chi connectivity index (χ4n) is 6.19. The maximum Gasteiger partial charge on any atom is 0.0708 e. The SMILES string of the molecule is c1ccc(N(c2ccccc2)c2ccc(-c3ccc4ccc5c(-c6ccccn6)ccc6ccc3c4c65)cc2)cc1. The summed E-state index contributed by atoms with van der Waals surface area (Å²) in [6, 6.07) is 54.2. The van der Waals surface area contributed by atoms with Gasteiger partial charge in [0.25, 0.3) is 0 Å². The predicted molar refractivity (Wildman–Crippen MR) is 173 cm³/mol. The van der Waals surface area contributed by atoms with Gasteiger partial charge in [-0.15, -0.1) is 0 Å². The molecule has 7 aromatic carbocycles. The molecular formula is C39H26N2. The van der Waals surface area contributed by atoms with Gasteiger partial charge < -0.3 is 4.90 Å². The van der Waals surface area contributed by atoms with E-state index in [4.69, 9.17) is 0 Å². The maximum absolute atomic E-state index is 4.66. The first-order chi connectivity index (χ1) is 20.3. The fraction of sp³-hybridized carbons (Fsp3) is 0. The van der Waals surface area contributed by atoms with Crippen molar-refractivity contribution in [2.75, 3.05) is 4.90 Å². The molecule has 0 unspecified atom stereocenters. The molecule has 2 heteroatoms. The van der Waals surface area contributed by atoms with E-state index in [1.807, 2.05) is 12.3 Å². The van der Waals surface area contributed by atoms with E-state index in [1.54, 1.807) is 0 Å². The summed E-state index contributed by atoms with van der Waals surface area (Å²) >= 11 is 0. The summed E-state index contributed by atoms with van der Waals surface area (Å²) in [5.41, 5.74) is 8.02. The Bertz CT molecular complexity index is 2080. The van der Waals surface area contributed by atoms with Crippen molar-refractivity contribution >= 4 is 49.4 Å². The van der Waals surface area contributed by atoms with Gasteiger partial charge in [-0.3, -0.25) is 4.98 Å². The Morgan fingerprint density at radius 2 is 0.902 bits per heavy atom. The summed E-state index contributed by atoms with van der Waals surface area (Å²) in [5.74, 6) is 0. The van der Waals surface area contributed by atoms with Crippen LogP contribution in [-0.4, -0.2) is 4.98 Å². The highest BCUT2D eigenvalue weighted by Gasteiger charge is 2.16. The van der Waals surface area contributed by atoms with E-state index >= 15 is 0 Å². The lowest BCUT2D eigenvalue weighted by Gasteiger charge is -2.25. The van der Waals surface area contributed by atoms with Crippen molar-refractivity contribution in [2.45, 2.75) is 0 Å². The number of pyridine rings is 1. The third kappa shape index (κ3) is 3.92. The minimum atomic E-state index is 1.00. The van der Waals surface area contributed by atoms with Crippen molar-refractivity contribution in [3.05, 3.63) is 158 Å². The number of aromatic nitrogens is 1. The first kappa shape index (κ1) is 23.4. The molecule has 8 rings (SSSR count). The van der Waals surface area contributed by atoms with Gasteiger partial charge in [0.05, 0.1) is 5.69 Å². The number of benzene rings is 7. The molecule has 192 valence electrons. The molecule has 2 nitrogen and oxygen atoms in total. The van der Waals surface area contributed by atoms with Crippen LogP contribution < -0.4 is 4.90 Å². The monoisotopic (exact) mass is 522 g/mol. The van der Waals surface area contributed by atoms with E-state index < -0.39 is 0 Å². The molecule has 0 aliphatic carbocycles. The molecule has 0 amide bonds. The van der Waals surface area contributed by atoms with Crippen LogP contribution in [0.15, 0.2) is 158 Å². The second kappa shape index (κ2) is 9.62. The second-order valence-electron chi connectivity index (χ2n) is 10.4. The van der Waals surface area contributed by atoms with Crippen molar-refractivity contribution in [3.63, 3.8) is 0 Å². The molecule has 8 aromatic rings. The van der Waals surface area contributed by atoms with E-state index in [2.05, 4.69) is 155 Å². The summed E-state index contributed by atoms with van der Waals surface area (Å²) in [6.45, 7) is 0. The van der Waals surface area contributed by atoms with Gasteiger partial charge in [-0.25, -0.2) is 0 Å². The summed E-state index contributed by atoms with van der Waals surface area (Å²) in [6.07, 6.45) is 1.87. The minimum Gasteiger partial charge on any atom is -0.311 e. The van der Waals surface area contributed by atoms with Crippen LogP contribution in [0.5, 0.6) is 0 Å². The molecule has 0 bridgehead atoms. The van der Waals surface area contributed by atoms with Crippen LogP contribution in [0.4, 0.5) is 17.1 Å². The van der Waals surface area contributed by atoms with Crippen LogP contribution >= 0.6 is 0 Å². The highest BCUT2D eigenvalue weighted by atomic mass is 15.1. The van der Waals surface area contributed by atoms with Gasteiger partial charge >= 0.3 is 0 Å². The number of para-hydroxylation sites is 2. The molecule has 0 saturated carbocycles. The van der Waals surface area contributed by atoms with Crippen LogP contribution in [-0.2, 0) is 0 Å². The van der Waals surface area contributed by atoms with Gasteiger partial charge in [-0.1, -0.05) is 103 Å². The molecule has 0 fully saturated rings. The highest BCUT2D eigenvalue weighted by Crippen LogP contribution is 2.42. The lowest BCUT2D eigenvalue weighted by molar-refractivity contribution is 1.28. The zero-order valence-corrected chi connectivity index (χ0v) is 22.4. The van der Waals surface area contributed by atoms with Crippen LogP contribution in [0.3, 0.4) is 0 Å². The molecule has 1 aromatic heterocycles. The van der Waals surface area contributed by atoms with Gasteiger partial charge in [0.1, 0.15) is 0 Å². The van der Waals surface area contributed by atoms with Crippen molar-refractivity contribution in [1.29, 1.82) is 0 Å². The Hall–Kier alpha value is -5.47. The van der Waals surface area contributed by atoms with Gasteiger partial charge in [0.2, 0.25) is 0 Å². The molecule has 0 aliphatic rings. The molecule has 0 atom stereocenters. The molecule has 0 radical (unpaired) electrons. The van der Waals surface area contributed by atoms with Gasteiger partial charge in [-0.05, 0) is 92.0 Å². The zero-order chi connectivity index (χ0) is 27.2. The first-order valence-corrected chi connectivity index (χ1v) is 14.0. The number of anilines is 3. The highest BCUT2D eigenvalue weighted by molar-refractivity contribution is 6.27. The Kier molecular flexibility index (Phi) is 5.49. The van der Waals surface area contributed by atoms with Crippen molar-refractivity contribution in [3.8, 4) is 22.4 Å². The van der Waals surface area contributed by atoms with Gasteiger partial charge in [-0.2, -0.15) is 0 Å². The van der Waals surface area contributed by atoms with Crippen LogP contribution in [0, 0.1) is 0 Å². The van der Waals surface area contributed by atoms with Crippen LogP contribution in [0.1, 0.15) is 0 Å². The largest absolute Gasteiger partial charge is 0.311 e. The van der Waals surface area contributed by atoms with E-state index in [9.17, 15) is 0 Å². The number of nitrogens with zero attached hydrogens (tertiary/aromatic N) is 2. The molecule has 1 heterocycles. The predicted octanol–water partition coefficient (Wildman–Crippen LogP) is 10.8. The van der Waals surface area contributed by atoms with E-state index in [1.165, 1.54) is 49.0 Å². The molecule has 0 N–H and O–H groups in total. The Labute approximate surface area is 239 Å². The first-order valence-electron chi connectivity index (χ1n) is 14.0. The van der Waals surface area contributed by atoms with Crippen LogP contribution in [0.2, 0.25) is 0 Å². The summed E-state index contributed by atoms with van der Waals surface area (Å²) < 4.78 is 0. The summed E-state index contributed by atoms with van der Waals surface area (Å²) in [7, 11) is 0. The molecule has 0 spiro atoms. The zero-order valence-electron chi connectivity index (χ0n) is 22.4. The number of hydrogen-bond acceptors (Lipinski definition) is 2. The minimum absolute atomic E-state index is 1.00. The quantitative estimate of drug-likeness (QED) is 0.209. The smallest absolute Gasteiger partial charge is 0.0708 e. The number of hydrogen-bond donors (Lipinski definition) is 0. The van der Waals surface area contributed by atoms with Crippen molar-refractivity contribution in [1.82, 2.24) is 4.98 Å². The second-order valence-corrected chi connectivity index (χ2v) is 10.4. The van der Waals surface area contributed by atoms with Crippen LogP contribution in [0.25, 0.3) is 54.7 Å². The standard InChI is InChI=1S/C39H26N2/c1-3-9-30(10-4-1)41(31-11-5-2-6-12-31)32-20-14-27(15-21-32)33-22-16-28-19-25-36-34(37-13-7-8-26-40-37)23-17-29-18-24-35(33)38(28)39(29)36/h1-26H. The van der Waals surface area contributed by atoms with Crippen molar-refractivity contribution in [2.24, 2.45) is 0 Å². The molecule has 0 saturated heterocycles. The Morgan fingerprint density at radius 3 is 1.49 bits per heavy atom. The fourth-order valence-corrected chi connectivity index (χ4v) is 6.19. The Morgan fingerprint density at radius 1 is 0.390 bits per heavy atom. The average Bonchev–Trinajstić information content (AvgIpc) is 3.05. The Balaban J connectivity index is 1.28. The van der Waals surface area contributed by atoms with E-state index in [-0.39, 0.29) is 0 Å². The molecule has 41 heavy (non-hydrogen) atoms. The van der Waals surface area contributed by atoms with E-state index in [0.717, 1.165) is 22.8 Å². The maximum atomic E-state index is 4.66. The van der Waals surface area contributed by atoms with Gasteiger partial charge in [0, 0.05) is 28.8 Å².